The normalized spacial score (nSPS) is 11.4. The fourth-order valence-corrected chi connectivity index (χ4v) is 3.71. The molecule has 8 heteroatoms. The Labute approximate surface area is 207 Å². The molecule has 182 valence electrons. The SMILES string of the molecule is CC(c1ccccc1)(c1ccc(NC(=O)/C=C/C(=O)O)cc1)c1ccc(NC(=O)/C=C/C(=O)O)cc1. The Balaban J connectivity index is 1.90. The molecule has 0 bridgehead atoms. The summed E-state index contributed by atoms with van der Waals surface area (Å²) in [5, 5.41) is 22.6. The van der Waals surface area contributed by atoms with Crippen LogP contribution in [-0.4, -0.2) is 34.0 Å². The number of carbonyl (C=O) groups is 4. The van der Waals surface area contributed by atoms with Gasteiger partial charge in [0.05, 0.1) is 0 Å². The smallest absolute Gasteiger partial charge is 0.328 e. The van der Waals surface area contributed by atoms with Crippen LogP contribution in [0.25, 0.3) is 0 Å². The topological polar surface area (TPSA) is 133 Å². The molecule has 0 aliphatic rings. The molecule has 0 saturated heterocycles. The number of carbonyl (C=O) groups excluding carboxylic acids is 2. The number of hydrogen-bond donors (Lipinski definition) is 4. The summed E-state index contributed by atoms with van der Waals surface area (Å²) in [5.41, 5.74) is 3.34. The monoisotopic (exact) mass is 484 g/mol. The molecule has 0 atom stereocenters. The van der Waals surface area contributed by atoms with Gasteiger partial charge in [-0.1, -0.05) is 54.6 Å². The highest BCUT2D eigenvalue weighted by Crippen LogP contribution is 2.39. The average molecular weight is 485 g/mol. The van der Waals surface area contributed by atoms with E-state index in [2.05, 4.69) is 17.6 Å². The van der Waals surface area contributed by atoms with Gasteiger partial charge < -0.3 is 20.8 Å². The van der Waals surface area contributed by atoms with E-state index in [1.54, 1.807) is 24.3 Å². The summed E-state index contributed by atoms with van der Waals surface area (Å²) in [7, 11) is 0. The molecule has 2 amide bonds. The highest BCUT2D eigenvalue weighted by Gasteiger charge is 2.31. The van der Waals surface area contributed by atoms with Crippen LogP contribution in [0.15, 0.2) is 103 Å². The van der Waals surface area contributed by atoms with Gasteiger partial charge in [-0.25, -0.2) is 9.59 Å². The van der Waals surface area contributed by atoms with Gasteiger partial charge in [0, 0.05) is 41.1 Å². The van der Waals surface area contributed by atoms with Crippen molar-refractivity contribution < 1.29 is 29.4 Å². The molecule has 0 heterocycles. The summed E-state index contributed by atoms with van der Waals surface area (Å²) < 4.78 is 0. The molecule has 0 aliphatic carbocycles. The molecular weight excluding hydrogens is 460 g/mol. The summed E-state index contributed by atoms with van der Waals surface area (Å²) in [5.74, 6) is -3.51. The largest absolute Gasteiger partial charge is 0.478 e. The predicted octanol–water partition coefficient (Wildman–Crippen LogP) is 4.20. The van der Waals surface area contributed by atoms with Gasteiger partial charge in [-0.2, -0.15) is 0 Å². The molecule has 0 aromatic heterocycles. The molecule has 0 radical (unpaired) electrons. The van der Waals surface area contributed by atoms with Crippen molar-refractivity contribution in [2.45, 2.75) is 12.3 Å². The second kappa shape index (κ2) is 11.4. The van der Waals surface area contributed by atoms with Crippen LogP contribution in [0.3, 0.4) is 0 Å². The van der Waals surface area contributed by atoms with Crippen LogP contribution >= 0.6 is 0 Å². The standard InChI is InChI=1S/C28H24N2O6/c1-28(19-5-3-2-4-6-19,20-7-11-22(12-8-20)29-24(31)15-17-26(33)34)21-9-13-23(14-10-21)30-25(32)16-18-27(35)36/h2-18H,1H3,(H,29,31)(H,30,32)(H,33,34)(H,35,36)/b17-15+,18-16+. The molecule has 0 fully saturated rings. The van der Waals surface area contributed by atoms with Crippen molar-refractivity contribution in [3.63, 3.8) is 0 Å². The van der Waals surface area contributed by atoms with Gasteiger partial charge in [-0.15, -0.1) is 0 Å². The van der Waals surface area contributed by atoms with Crippen LogP contribution < -0.4 is 10.6 Å². The molecule has 3 aromatic carbocycles. The van der Waals surface area contributed by atoms with Crippen molar-refractivity contribution in [3.05, 3.63) is 120 Å². The fraction of sp³-hybridized carbons (Fsp3) is 0.0714. The van der Waals surface area contributed by atoms with Crippen LogP contribution in [0.1, 0.15) is 23.6 Å². The zero-order valence-electron chi connectivity index (χ0n) is 19.3. The van der Waals surface area contributed by atoms with E-state index in [0.717, 1.165) is 41.0 Å². The van der Waals surface area contributed by atoms with E-state index < -0.39 is 29.2 Å². The number of amides is 2. The third-order valence-electron chi connectivity index (χ3n) is 5.57. The zero-order chi connectivity index (χ0) is 26.1. The number of carboxylic acid groups (broad SMARTS) is 2. The Morgan fingerprint density at radius 3 is 1.31 bits per heavy atom. The van der Waals surface area contributed by atoms with Crippen LogP contribution in [0, 0.1) is 0 Å². The summed E-state index contributed by atoms with van der Waals surface area (Å²) in [4.78, 5) is 45.0. The average Bonchev–Trinajstić information content (AvgIpc) is 2.87. The molecular formula is C28H24N2O6. The van der Waals surface area contributed by atoms with Gasteiger partial charge in [0.1, 0.15) is 0 Å². The van der Waals surface area contributed by atoms with Gasteiger partial charge in [0.15, 0.2) is 0 Å². The Bertz CT molecular complexity index is 1230. The first kappa shape index (κ1) is 25.6. The van der Waals surface area contributed by atoms with Crippen molar-refractivity contribution in [2.24, 2.45) is 0 Å². The maximum absolute atomic E-state index is 11.9. The molecule has 8 nitrogen and oxygen atoms in total. The molecule has 3 rings (SSSR count). The highest BCUT2D eigenvalue weighted by atomic mass is 16.4. The van der Waals surface area contributed by atoms with Crippen LogP contribution in [-0.2, 0) is 24.6 Å². The first-order valence-corrected chi connectivity index (χ1v) is 10.9. The van der Waals surface area contributed by atoms with Gasteiger partial charge in [-0.3, -0.25) is 9.59 Å². The zero-order valence-corrected chi connectivity index (χ0v) is 19.3. The van der Waals surface area contributed by atoms with E-state index in [4.69, 9.17) is 10.2 Å². The summed E-state index contributed by atoms with van der Waals surface area (Å²) in [6.07, 6.45) is 3.43. The fourth-order valence-electron chi connectivity index (χ4n) is 3.71. The molecule has 36 heavy (non-hydrogen) atoms. The van der Waals surface area contributed by atoms with E-state index in [9.17, 15) is 19.2 Å². The van der Waals surface area contributed by atoms with Crippen molar-refractivity contribution >= 4 is 35.1 Å². The minimum Gasteiger partial charge on any atom is -0.478 e. The predicted molar refractivity (Wildman–Crippen MR) is 136 cm³/mol. The molecule has 4 N–H and O–H groups in total. The Morgan fingerprint density at radius 2 is 0.944 bits per heavy atom. The second-order valence-electron chi connectivity index (χ2n) is 7.97. The summed E-state index contributed by atoms with van der Waals surface area (Å²) in [6.45, 7) is 2.06. The Kier molecular flexibility index (Phi) is 8.14. The van der Waals surface area contributed by atoms with Gasteiger partial charge >= 0.3 is 11.9 Å². The first-order valence-electron chi connectivity index (χ1n) is 10.9. The van der Waals surface area contributed by atoms with E-state index in [-0.39, 0.29) is 0 Å². The number of carboxylic acids is 2. The van der Waals surface area contributed by atoms with Gasteiger partial charge in [0.25, 0.3) is 0 Å². The maximum atomic E-state index is 11.9. The maximum Gasteiger partial charge on any atom is 0.328 e. The van der Waals surface area contributed by atoms with Crippen molar-refractivity contribution in [3.8, 4) is 0 Å². The number of aliphatic carboxylic acids is 2. The number of benzene rings is 3. The minimum absolute atomic E-state index is 0.515. The van der Waals surface area contributed by atoms with Crippen molar-refractivity contribution in [1.82, 2.24) is 0 Å². The van der Waals surface area contributed by atoms with E-state index in [0.29, 0.717) is 11.4 Å². The van der Waals surface area contributed by atoms with Crippen molar-refractivity contribution in [2.75, 3.05) is 10.6 Å². The van der Waals surface area contributed by atoms with E-state index in [1.165, 1.54) is 0 Å². The second-order valence-corrected chi connectivity index (χ2v) is 7.97. The number of anilines is 2. The lowest BCUT2D eigenvalue weighted by Crippen LogP contribution is -2.25. The first-order chi connectivity index (χ1) is 17.2. The summed E-state index contributed by atoms with van der Waals surface area (Å²) in [6, 6.07) is 24.4. The lowest BCUT2D eigenvalue weighted by Gasteiger charge is -2.32. The quantitative estimate of drug-likeness (QED) is 0.266. The summed E-state index contributed by atoms with van der Waals surface area (Å²) >= 11 is 0. The van der Waals surface area contributed by atoms with Crippen LogP contribution in [0.2, 0.25) is 0 Å². The molecule has 0 spiro atoms. The third kappa shape index (κ3) is 6.54. The molecule has 0 saturated carbocycles. The van der Waals surface area contributed by atoms with Crippen LogP contribution in [0.4, 0.5) is 11.4 Å². The van der Waals surface area contributed by atoms with Crippen LogP contribution in [0.5, 0.6) is 0 Å². The molecule has 0 aliphatic heterocycles. The Morgan fingerprint density at radius 1 is 0.583 bits per heavy atom. The number of rotatable bonds is 9. The van der Waals surface area contributed by atoms with E-state index in [1.807, 2.05) is 54.6 Å². The highest BCUT2D eigenvalue weighted by molar-refractivity contribution is 6.03. The lowest BCUT2D eigenvalue weighted by atomic mass is 9.71. The molecule has 0 unspecified atom stereocenters. The third-order valence-corrected chi connectivity index (χ3v) is 5.57. The minimum atomic E-state index is -1.21. The van der Waals surface area contributed by atoms with Crippen molar-refractivity contribution in [1.29, 1.82) is 0 Å². The number of nitrogens with one attached hydrogen (secondary N) is 2. The lowest BCUT2D eigenvalue weighted by molar-refractivity contribution is -0.132. The van der Waals surface area contributed by atoms with Gasteiger partial charge in [-0.05, 0) is 47.9 Å². The van der Waals surface area contributed by atoms with Gasteiger partial charge in [0.2, 0.25) is 11.8 Å². The molecule has 3 aromatic rings. The number of hydrogen-bond acceptors (Lipinski definition) is 4. The van der Waals surface area contributed by atoms with E-state index >= 15 is 0 Å². The Hall–Kier alpha value is -4.98.